The van der Waals surface area contributed by atoms with Gasteiger partial charge >= 0.3 is 11.7 Å². The average Bonchev–Trinajstić information content (AvgIpc) is 3.06. The quantitative estimate of drug-likeness (QED) is 0.620. The molecular formula is C20H18ClN3O5. The molecule has 0 spiro atoms. The number of carbonyl (C=O) groups is 2. The first-order chi connectivity index (χ1) is 13.8. The number of halogens is 1. The molecule has 0 fully saturated rings. The molecule has 0 radical (unpaired) electrons. The summed E-state index contributed by atoms with van der Waals surface area (Å²) in [6.07, 6.45) is -1.09. The molecular weight excluding hydrogens is 398 g/mol. The van der Waals surface area contributed by atoms with E-state index in [9.17, 15) is 14.4 Å². The number of hydrogen-bond donors (Lipinski definition) is 1. The Morgan fingerprint density at radius 1 is 1.21 bits per heavy atom. The van der Waals surface area contributed by atoms with Gasteiger partial charge in [0.2, 0.25) is 5.89 Å². The van der Waals surface area contributed by atoms with Crippen LogP contribution < -0.4 is 11.1 Å². The predicted molar refractivity (Wildman–Crippen MR) is 107 cm³/mol. The summed E-state index contributed by atoms with van der Waals surface area (Å²) < 4.78 is 11.0. The standard InChI is InChI=1S/C20H18ClN3O5/c1-12-15(21)9-6-10-16(12)22-18(26)13(2)28-17(25)11-24-20(27)29-19(23-24)14-7-4-3-5-8-14/h3-10,13H,11H2,1-2H3,(H,22,26)/t13-/m0/s1. The van der Waals surface area contributed by atoms with Gasteiger partial charge in [-0.15, -0.1) is 5.10 Å². The summed E-state index contributed by atoms with van der Waals surface area (Å²) in [5.41, 5.74) is 1.82. The van der Waals surface area contributed by atoms with Crippen LogP contribution in [0.15, 0.2) is 57.7 Å². The van der Waals surface area contributed by atoms with Gasteiger partial charge in [-0.25, -0.2) is 4.79 Å². The van der Waals surface area contributed by atoms with E-state index in [1.54, 1.807) is 49.4 Å². The fourth-order valence-electron chi connectivity index (χ4n) is 2.49. The highest BCUT2D eigenvalue weighted by atomic mass is 35.5. The number of benzene rings is 2. The van der Waals surface area contributed by atoms with Gasteiger partial charge in [0.25, 0.3) is 5.91 Å². The summed E-state index contributed by atoms with van der Waals surface area (Å²) in [6.45, 7) is 2.70. The number of amides is 1. The molecule has 9 heteroatoms. The van der Waals surface area contributed by atoms with Gasteiger partial charge in [0.1, 0.15) is 6.54 Å². The zero-order valence-corrected chi connectivity index (χ0v) is 16.5. The second kappa shape index (κ2) is 8.74. The highest BCUT2D eigenvalue weighted by Crippen LogP contribution is 2.23. The Morgan fingerprint density at radius 3 is 2.66 bits per heavy atom. The number of esters is 1. The Labute approximate surface area is 171 Å². The van der Waals surface area contributed by atoms with Crippen LogP contribution in [0.1, 0.15) is 12.5 Å². The van der Waals surface area contributed by atoms with Gasteiger partial charge in [0.15, 0.2) is 6.10 Å². The number of carbonyl (C=O) groups excluding carboxylic acids is 2. The number of aromatic nitrogens is 2. The van der Waals surface area contributed by atoms with Crippen molar-refractivity contribution in [3.8, 4) is 11.5 Å². The third-order valence-electron chi connectivity index (χ3n) is 4.11. The Morgan fingerprint density at radius 2 is 1.93 bits per heavy atom. The first kappa shape index (κ1) is 20.3. The van der Waals surface area contributed by atoms with Crippen LogP contribution in [0, 0.1) is 6.92 Å². The van der Waals surface area contributed by atoms with Gasteiger partial charge in [0.05, 0.1) is 0 Å². The zero-order chi connectivity index (χ0) is 21.0. The molecule has 0 saturated heterocycles. The van der Waals surface area contributed by atoms with Crippen molar-refractivity contribution in [2.45, 2.75) is 26.5 Å². The first-order valence-electron chi connectivity index (χ1n) is 8.74. The lowest BCUT2D eigenvalue weighted by Crippen LogP contribution is -2.32. The molecule has 0 unspecified atom stereocenters. The van der Waals surface area contributed by atoms with E-state index in [0.717, 1.165) is 4.68 Å². The molecule has 0 bridgehead atoms. The molecule has 0 aliphatic heterocycles. The summed E-state index contributed by atoms with van der Waals surface area (Å²) in [5.74, 6) is -2.04. The second-order valence-electron chi connectivity index (χ2n) is 6.23. The molecule has 29 heavy (non-hydrogen) atoms. The SMILES string of the molecule is Cc1c(Cl)cccc1NC(=O)[C@H](C)OC(=O)Cn1nc(-c2ccccc2)oc1=O. The van der Waals surface area contributed by atoms with Crippen LogP contribution in [0.5, 0.6) is 0 Å². The molecule has 0 saturated carbocycles. The Hall–Kier alpha value is -3.39. The number of nitrogens with one attached hydrogen (secondary N) is 1. The molecule has 1 atom stereocenters. The maximum atomic E-state index is 12.3. The smallest absolute Gasteiger partial charge is 0.437 e. The lowest BCUT2D eigenvalue weighted by molar-refractivity contribution is -0.154. The van der Waals surface area contributed by atoms with E-state index < -0.39 is 30.3 Å². The Bertz CT molecular complexity index is 1090. The molecule has 1 amide bonds. The maximum Gasteiger partial charge on any atom is 0.437 e. The lowest BCUT2D eigenvalue weighted by atomic mass is 10.2. The van der Waals surface area contributed by atoms with Crippen LogP contribution >= 0.6 is 11.6 Å². The molecule has 1 heterocycles. The van der Waals surface area contributed by atoms with Gasteiger partial charge in [0, 0.05) is 16.3 Å². The largest absolute Gasteiger partial charge is 0.451 e. The van der Waals surface area contributed by atoms with Crippen molar-refractivity contribution < 1.29 is 18.7 Å². The third kappa shape index (κ3) is 4.91. The van der Waals surface area contributed by atoms with Gasteiger partial charge in [-0.2, -0.15) is 4.68 Å². The molecule has 3 rings (SSSR count). The summed E-state index contributed by atoms with van der Waals surface area (Å²) in [5, 5.41) is 7.14. The van der Waals surface area contributed by atoms with E-state index in [0.29, 0.717) is 21.8 Å². The summed E-state index contributed by atoms with van der Waals surface area (Å²) in [4.78, 5) is 36.3. The predicted octanol–water partition coefficient (Wildman–Crippen LogP) is 3.04. The van der Waals surface area contributed by atoms with E-state index in [-0.39, 0.29) is 5.89 Å². The topological polar surface area (TPSA) is 103 Å². The van der Waals surface area contributed by atoms with Gasteiger partial charge in [-0.05, 0) is 43.7 Å². The van der Waals surface area contributed by atoms with Crippen LogP contribution in [0.4, 0.5) is 5.69 Å². The molecule has 3 aromatic rings. The highest BCUT2D eigenvalue weighted by Gasteiger charge is 2.21. The van der Waals surface area contributed by atoms with Crippen molar-refractivity contribution >= 4 is 29.2 Å². The van der Waals surface area contributed by atoms with E-state index in [1.165, 1.54) is 6.92 Å². The summed E-state index contributed by atoms with van der Waals surface area (Å²) >= 11 is 6.03. The van der Waals surface area contributed by atoms with Crippen molar-refractivity contribution in [2.75, 3.05) is 5.32 Å². The van der Waals surface area contributed by atoms with Crippen LogP contribution in [-0.4, -0.2) is 27.8 Å². The van der Waals surface area contributed by atoms with E-state index in [4.69, 9.17) is 20.8 Å². The number of nitrogens with zero attached hydrogens (tertiary/aromatic N) is 2. The van der Waals surface area contributed by atoms with Crippen molar-refractivity contribution in [2.24, 2.45) is 0 Å². The van der Waals surface area contributed by atoms with Gasteiger partial charge < -0.3 is 14.5 Å². The fourth-order valence-corrected chi connectivity index (χ4v) is 2.67. The zero-order valence-electron chi connectivity index (χ0n) is 15.7. The Balaban J connectivity index is 1.62. The second-order valence-corrected chi connectivity index (χ2v) is 6.64. The number of rotatable bonds is 6. The van der Waals surface area contributed by atoms with Crippen LogP contribution in [-0.2, 0) is 20.9 Å². The van der Waals surface area contributed by atoms with Crippen LogP contribution in [0.3, 0.4) is 0 Å². The minimum absolute atomic E-state index is 0.0885. The molecule has 0 aliphatic rings. The molecule has 2 aromatic carbocycles. The van der Waals surface area contributed by atoms with Gasteiger partial charge in [-0.3, -0.25) is 9.59 Å². The van der Waals surface area contributed by atoms with E-state index in [1.807, 2.05) is 6.07 Å². The van der Waals surface area contributed by atoms with Crippen LogP contribution in [0.25, 0.3) is 11.5 Å². The monoisotopic (exact) mass is 415 g/mol. The lowest BCUT2D eigenvalue weighted by Gasteiger charge is -2.15. The molecule has 8 nitrogen and oxygen atoms in total. The third-order valence-corrected chi connectivity index (χ3v) is 4.52. The molecule has 1 N–H and O–H groups in total. The molecule has 0 aliphatic carbocycles. The van der Waals surface area contributed by atoms with E-state index >= 15 is 0 Å². The van der Waals surface area contributed by atoms with Crippen molar-refractivity contribution in [1.29, 1.82) is 0 Å². The number of ether oxygens (including phenoxy) is 1. The van der Waals surface area contributed by atoms with Gasteiger partial charge in [-0.1, -0.05) is 35.9 Å². The normalized spacial score (nSPS) is 11.7. The van der Waals surface area contributed by atoms with Crippen molar-refractivity contribution in [3.05, 3.63) is 69.7 Å². The number of hydrogen-bond acceptors (Lipinski definition) is 6. The minimum Gasteiger partial charge on any atom is -0.451 e. The molecule has 150 valence electrons. The average molecular weight is 416 g/mol. The molecule has 1 aromatic heterocycles. The summed E-state index contributed by atoms with van der Waals surface area (Å²) in [7, 11) is 0. The first-order valence-corrected chi connectivity index (χ1v) is 9.12. The van der Waals surface area contributed by atoms with Crippen LogP contribution in [0.2, 0.25) is 5.02 Å². The maximum absolute atomic E-state index is 12.3. The van der Waals surface area contributed by atoms with Crippen molar-refractivity contribution in [1.82, 2.24) is 9.78 Å². The van der Waals surface area contributed by atoms with E-state index in [2.05, 4.69) is 10.4 Å². The highest BCUT2D eigenvalue weighted by molar-refractivity contribution is 6.31. The fraction of sp³-hybridized carbons (Fsp3) is 0.200. The Kier molecular flexibility index (Phi) is 6.13. The number of anilines is 1. The summed E-state index contributed by atoms with van der Waals surface area (Å²) in [6, 6.07) is 13.9. The van der Waals surface area contributed by atoms with Crippen molar-refractivity contribution in [3.63, 3.8) is 0 Å². The minimum atomic E-state index is -1.09.